The Hall–Kier alpha value is -3.51. The van der Waals surface area contributed by atoms with Crippen LogP contribution >= 0.6 is 11.3 Å². The molecule has 2 rings (SSSR count). The van der Waals surface area contributed by atoms with Crippen LogP contribution in [0.4, 0.5) is 9.93 Å². The number of nitrogens with one attached hydrogen (secondary N) is 1. The first kappa shape index (κ1) is 22.8. The van der Waals surface area contributed by atoms with Crippen molar-refractivity contribution >= 4 is 56.4 Å². The number of oxime groups is 1. The number of nitrogens with two attached hydrogens (primary N) is 2. The van der Waals surface area contributed by atoms with Crippen LogP contribution in [0, 0.1) is 0 Å². The van der Waals surface area contributed by atoms with Gasteiger partial charge in [0.2, 0.25) is 0 Å². The van der Waals surface area contributed by atoms with Crippen molar-refractivity contribution < 1.29 is 46.8 Å². The van der Waals surface area contributed by atoms with Crippen LogP contribution in [-0.4, -0.2) is 77.1 Å². The molecule has 3 amide bonds. The number of aromatic nitrogens is 1. The molecule has 1 aromatic rings. The average Bonchev–Trinajstić information content (AvgIpc) is 3.04. The number of aliphatic carboxylic acids is 1. The van der Waals surface area contributed by atoms with Gasteiger partial charge in [0.15, 0.2) is 27.8 Å². The molecule has 0 spiro atoms. The summed E-state index contributed by atoms with van der Waals surface area (Å²) in [6, 6.07) is -3.20. The normalized spacial score (nSPS) is 19.0. The summed E-state index contributed by atoms with van der Waals surface area (Å²) in [5.74, 6) is -4.13. The number of thiazole rings is 1. The van der Waals surface area contributed by atoms with E-state index in [1.807, 2.05) is 0 Å². The van der Waals surface area contributed by atoms with Gasteiger partial charge in [-0.2, -0.15) is 0 Å². The lowest BCUT2D eigenvalue weighted by atomic mass is 9.99. The molecule has 30 heavy (non-hydrogen) atoms. The summed E-state index contributed by atoms with van der Waals surface area (Å²) in [5.41, 5.74) is 9.47. The van der Waals surface area contributed by atoms with Gasteiger partial charge in [0.1, 0.15) is 24.4 Å². The highest BCUT2D eigenvalue weighted by Crippen LogP contribution is 2.24. The summed E-state index contributed by atoms with van der Waals surface area (Å²) >= 11 is 0.899. The number of primary amides is 1. The van der Waals surface area contributed by atoms with Crippen LogP contribution in [0.1, 0.15) is 5.69 Å². The second-order valence-corrected chi connectivity index (χ2v) is 7.54. The van der Waals surface area contributed by atoms with E-state index >= 15 is 0 Å². The van der Waals surface area contributed by atoms with Gasteiger partial charge in [-0.05, 0) is 0 Å². The van der Waals surface area contributed by atoms with Gasteiger partial charge < -0.3 is 40.8 Å². The van der Waals surface area contributed by atoms with Crippen LogP contribution in [-0.2, 0) is 34.3 Å². The molecule has 5 N–H and O–H groups in total. The van der Waals surface area contributed by atoms with Crippen molar-refractivity contribution in [2.75, 3.05) is 18.9 Å². The molecule has 0 aliphatic carbocycles. The molecule has 0 aromatic carbocycles. The standard InChI is InChI=1S/C12H14N6O10S2/c13-11-15-4(3-29-11)7(17-28-2-6(19)20)9(21)16-8-5(1-27-12(14)23)18(10(8)22)30(24,25)26/h3,5,8H,1-2H2,(H2,13,15)(H2,14,23)(H,16,21)(H,19,20)(H,24,25,26)/p-2/b17-7+/t5-,8+/m1/s1. The zero-order valence-electron chi connectivity index (χ0n) is 14.5. The first-order valence-electron chi connectivity index (χ1n) is 7.55. The van der Waals surface area contributed by atoms with E-state index in [9.17, 15) is 37.3 Å². The van der Waals surface area contributed by atoms with Crippen LogP contribution < -0.4 is 21.9 Å². The Bertz CT molecular complexity index is 1000. The Morgan fingerprint density at radius 3 is 2.57 bits per heavy atom. The minimum Gasteiger partial charge on any atom is -0.731 e. The molecule has 0 unspecified atom stereocenters. The number of carboxylic acids is 1. The maximum Gasteiger partial charge on any atom is 0.404 e. The van der Waals surface area contributed by atoms with Crippen molar-refractivity contribution in [2.45, 2.75) is 12.1 Å². The summed E-state index contributed by atoms with van der Waals surface area (Å²) in [5, 5.41) is 17.1. The quantitative estimate of drug-likeness (QED) is 0.135. The highest BCUT2D eigenvalue weighted by molar-refractivity contribution is 7.84. The maximum atomic E-state index is 12.5. The lowest BCUT2D eigenvalue weighted by Gasteiger charge is -2.46. The first-order valence-corrected chi connectivity index (χ1v) is 9.79. The zero-order valence-corrected chi connectivity index (χ0v) is 16.2. The molecular formula is C12H12N6O10S2-2. The van der Waals surface area contributed by atoms with Gasteiger partial charge in [-0.3, -0.25) is 9.59 Å². The van der Waals surface area contributed by atoms with E-state index in [0.717, 1.165) is 11.3 Å². The van der Waals surface area contributed by atoms with E-state index in [0.29, 0.717) is 0 Å². The molecule has 16 nitrogen and oxygen atoms in total. The van der Waals surface area contributed by atoms with Crippen molar-refractivity contribution in [2.24, 2.45) is 10.9 Å². The van der Waals surface area contributed by atoms with Gasteiger partial charge >= 0.3 is 6.09 Å². The molecule has 164 valence electrons. The van der Waals surface area contributed by atoms with Crippen LogP contribution in [0.3, 0.4) is 0 Å². The molecule has 0 bridgehead atoms. The minimum absolute atomic E-state index is 0.0153. The Morgan fingerprint density at radius 1 is 1.40 bits per heavy atom. The van der Waals surface area contributed by atoms with Crippen molar-refractivity contribution in [1.82, 2.24) is 14.6 Å². The van der Waals surface area contributed by atoms with Gasteiger partial charge in [0.25, 0.3) is 11.8 Å². The molecule has 1 aliphatic rings. The third kappa shape index (κ3) is 5.30. The Balaban J connectivity index is 2.24. The average molecular weight is 464 g/mol. The lowest BCUT2D eigenvalue weighted by molar-refractivity contribution is -0.309. The number of β-lactam (4-membered cyclic amide) rings is 1. The lowest BCUT2D eigenvalue weighted by Crippen LogP contribution is -2.73. The van der Waals surface area contributed by atoms with Crippen molar-refractivity contribution in [3.8, 4) is 0 Å². The summed E-state index contributed by atoms with van der Waals surface area (Å²) in [7, 11) is -5.28. The highest BCUT2D eigenvalue weighted by atomic mass is 32.2. The number of ether oxygens (including phenoxy) is 1. The number of anilines is 1. The van der Waals surface area contributed by atoms with Gasteiger partial charge in [0.05, 0.1) is 5.97 Å². The zero-order chi connectivity index (χ0) is 22.6. The first-order chi connectivity index (χ1) is 13.9. The Kier molecular flexibility index (Phi) is 6.74. The summed E-state index contributed by atoms with van der Waals surface area (Å²) in [4.78, 5) is 54.0. The number of nitrogens with zero attached hydrogens (tertiary/aromatic N) is 3. The second-order valence-electron chi connectivity index (χ2n) is 5.40. The minimum atomic E-state index is -5.28. The van der Waals surface area contributed by atoms with Crippen LogP contribution in [0.5, 0.6) is 0 Å². The van der Waals surface area contributed by atoms with E-state index in [-0.39, 0.29) is 15.1 Å². The number of amides is 3. The van der Waals surface area contributed by atoms with E-state index in [4.69, 9.17) is 11.5 Å². The molecule has 1 aliphatic heterocycles. The molecular weight excluding hydrogens is 452 g/mol. The number of carboxylic acid groups (broad SMARTS) is 1. The number of rotatable bonds is 9. The van der Waals surface area contributed by atoms with Gasteiger partial charge in [-0.15, -0.1) is 11.3 Å². The molecule has 2 heterocycles. The second kappa shape index (κ2) is 8.88. The van der Waals surface area contributed by atoms with Gasteiger partial charge in [0, 0.05) is 5.38 Å². The van der Waals surface area contributed by atoms with E-state index < -0.39 is 65.2 Å². The van der Waals surface area contributed by atoms with Crippen molar-refractivity contribution in [3.63, 3.8) is 0 Å². The topological polar surface area (TPSA) is 260 Å². The van der Waals surface area contributed by atoms with Gasteiger partial charge in [-0.25, -0.2) is 22.5 Å². The summed E-state index contributed by atoms with van der Waals surface area (Å²) < 4.78 is 37.9. The molecule has 0 radical (unpaired) electrons. The fourth-order valence-electron chi connectivity index (χ4n) is 2.24. The third-order valence-corrected chi connectivity index (χ3v) is 5.02. The number of carbonyl (C=O) groups excluding carboxylic acids is 4. The summed E-state index contributed by atoms with van der Waals surface area (Å²) in [6.45, 7) is -1.83. The fourth-order valence-corrected chi connectivity index (χ4v) is 3.64. The SMILES string of the molecule is NC(=O)OC[C@@H]1[C@H](NC(=O)/C(=N/OCC(=O)[O-])c2csc(N)n2)C(=O)N1S(=O)(=O)[O-]. The van der Waals surface area contributed by atoms with E-state index in [1.54, 1.807) is 0 Å². The number of hydrogen-bond donors (Lipinski definition) is 3. The van der Waals surface area contributed by atoms with Gasteiger partial charge in [-0.1, -0.05) is 5.16 Å². The molecule has 0 saturated carbocycles. The molecule has 1 aromatic heterocycles. The predicted octanol–water partition coefficient (Wildman–Crippen LogP) is -4.55. The van der Waals surface area contributed by atoms with Crippen LogP contribution in [0.2, 0.25) is 0 Å². The Labute approximate surface area is 171 Å². The van der Waals surface area contributed by atoms with Crippen LogP contribution in [0.25, 0.3) is 0 Å². The smallest absolute Gasteiger partial charge is 0.404 e. The number of nitrogen functional groups attached to an aromatic ring is 1. The third-order valence-electron chi connectivity index (χ3n) is 3.41. The fraction of sp³-hybridized carbons (Fsp3) is 0.333. The predicted molar refractivity (Wildman–Crippen MR) is 91.8 cm³/mol. The molecule has 1 saturated heterocycles. The number of hydrogen-bond acceptors (Lipinski definition) is 14. The monoisotopic (exact) mass is 464 g/mol. The number of carbonyl (C=O) groups is 4. The van der Waals surface area contributed by atoms with E-state index in [2.05, 4.69) is 25.0 Å². The molecule has 1 fully saturated rings. The van der Waals surface area contributed by atoms with Crippen LogP contribution in [0.15, 0.2) is 10.5 Å². The largest absolute Gasteiger partial charge is 0.731 e. The Morgan fingerprint density at radius 2 is 2.07 bits per heavy atom. The molecule has 18 heteroatoms. The van der Waals surface area contributed by atoms with Crippen molar-refractivity contribution in [3.05, 3.63) is 11.1 Å². The van der Waals surface area contributed by atoms with E-state index in [1.165, 1.54) is 5.38 Å². The molecule has 2 atom stereocenters. The summed E-state index contributed by atoms with van der Waals surface area (Å²) in [6.07, 6.45) is -1.32. The maximum absolute atomic E-state index is 12.5. The highest BCUT2D eigenvalue weighted by Gasteiger charge is 2.52. The van der Waals surface area contributed by atoms with Crippen molar-refractivity contribution in [1.29, 1.82) is 0 Å².